The van der Waals surface area contributed by atoms with Crippen LogP contribution < -0.4 is 0 Å². The van der Waals surface area contributed by atoms with E-state index >= 15 is 0 Å². The number of rotatable bonds is 5. The smallest absolute Gasteiger partial charge is 0.307 e. The molecule has 7 nitrogen and oxygen atoms in total. The third kappa shape index (κ3) is 4.04. The SMILES string of the molecule is CN(CC(C)(C)O)S(=O)(=O)c1ccc(Cl)c([N+](=O)[O-])c1Cl. The second-order valence-corrected chi connectivity index (χ2v) is 7.84. The first kappa shape index (κ1) is 18.1. The summed E-state index contributed by atoms with van der Waals surface area (Å²) in [6.07, 6.45) is 0. The van der Waals surface area contributed by atoms with Crippen LogP contribution in [0.4, 0.5) is 5.69 Å². The van der Waals surface area contributed by atoms with Gasteiger partial charge >= 0.3 is 5.69 Å². The Kier molecular flexibility index (Phi) is 5.22. The Hall–Kier alpha value is -0.930. The Morgan fingerprint density at radius 3 is 2.33 bits per heavy atom. The van der Waals surface area contributed by atoms with Gasteiger partial charge in [0.2, 0.25) is 10.0 Å². The van der Waals surface area contributed by atoms with Crippen molar-refractivity contribution in [1.82, 2.24) is 4.31 Å². The molecule has 0 radical (unpaired) electrons. The van der Waals surface area contributed by atoms with Crippen LogP contribution in [0.5, 0.6) is 0 Å². The van der Waals surface area contributed by atoms with Crippen LogP contribution in [0, 0.1) is 10.1 Å². The predicted octanol–water partition coefficient (Wildman–Crippen LogP) is 2.29. The van der Waals surface area contributed by atoms with Crippen LogP contribution >= 0.6 is 23.2 Å². The lowest BCUT2D eigenvalue weighted by Gasteiger charge is -2.25. The summed E-state index contributed by atoms with van der Waals surface area (Å²) in [6, 6.07) is 2.18. The van der Waals surface area contributed by atoms with Gasteiger partial charge in [0.05, 0.1) is 10.5 Å². The summed E-state index contributed by atoms with van der Waals surface area (Å²) in [6.45, 7) is 2.66. The molecular formula is C11H14Cl2N2O5S. The second-order valence-electron chi connectivity index (χ2n) is 5.04. The standard InChI is InChI=1S/C11H14Cl2N2O5S/c1-11(2,16)6-14(3)21(19,20)8-5-4-7(12)10(9(8)13)15(17)18/h4-5,16H,6H2,1-3H3. The van der Waals surface area contributed by atoms with Crippen LogP contribution in [0.3, 0.4) is 0 Å². The fraction of sp³-hybridized carbons (Fsp3) is 0.455. The van der Waals surface area contributed by atoms with E-state index in [2.05, 4.69) is 0 Å². The van der Waals surface area contributed by atoms with Gasteiger partial charge in [-0.15, -0.1) is 0 Å². The van der Waals surface area contributed by atoms with Gasteiger partial charge in [0.1, 0.15) is 14.9 Å². The Labute approximate surface area is 132 Å². The van der Waals surface area contributed by atoms with Crippen molar-refractivity contribution < 1.29 is 18.4 Å². The molecule has 118 valence electrons. The van der Waals surface area contributed by atoms with Gasteiger partial charge in [-0.25, -0.2) is 8.42 Å². The lowest BCUT2D eigenvalue weighted by Crippen LogP contribution is -2.39. The Balaban J connectivity index is 3.40. The van der Waals surface area contributed by atoms with Crippen molar-refractivity contribution in [3.63, 3.8) is 0 Å². The average molecular weight is 357 g/mol. The monoisotopic (exact) mass is 356 g/mol. The fourth-order valence-corrected chi connectivity index (χ4v) is 3.87. The molecule has 0 aliphatic carbocycles. The number of likely N-dealkylation sites (N-methyl/N-ethyl adjacent to an activating group) is 1. The highest BCUT2D eigenvalue weighted by Crippen LogP contribution is 2.38. The van der Waals surface area contributed by atoms with Gasteiger partial charge < -0.3 is 5.11 Å². The van der Waals surface area contributed by atoms with Crippen molar-refractivity contribution in [3.8, 4) is 0 Å². The Morgan fingerprint density at radius 1 is 1.38 bits per heavy atom. The molecule has 1 aromatic rings. The zero-order valence-corrected chi connectivity index (χ0v) is 13.8. The average Bonchev–Trinajstić information content (AvgIpc) is 2.25. The molecule has 0 saturated heterocycles. The van der Waals surface area contributed by atoms with Crippen molar-refractivity contribution in [1.29, 1.82) is 0 Å². The Bertz CT molecular complexity index is 670. The first-order valence-electron chi connectivity index (χ1n) is 5.69. The van der Waals surface area contributed by atoms with Crippen LogP contribution in [0.25, 0.3) is 0 Å². The van der Waals surface area contributed by atoms with Crippen LogP contribution in [-0.4, -0.2) is 41.9 Å². The quantitative estimate of drug-likeness (QED) is 0.644. The first-order chi connectivity index (χ1) is 9.38. The zero-order chi connectivity index (χ0) is 16.6. The maximum absolute atomic E-state index is 12.4. The predicted molar refractivity (Wildman–Crippen MR) is 79.2 cm³/mol. The molecule has 0 aromatic heterocycles. The van der Waals surface area contributed by atoms with Crippen molar-refractivity contribution in [2.45, 2.75) is 24.3 Å². The van der Waals surface area contributed by atoms with E-state index < -0.39 is 36.2 Å². The summed E-state index contributed by atoms with van der Waals surface area (Å²) < 4.78 is 25.6. The number of sulfonamides is 1. The molecule has 10 heteroatoms. The largest absolute Gasteiger partial charge is 0.389 e. The molecule has 0 saturated carbocycles. The highest BCUT2D eigenvalue weighted by Gasteiger charge is 2.32. The number of hydrogen-bond acceptors (Lipinski definition) is 5. The molecule has 0 unspecified atom stereocenters. The van der Waals surface area contributed by atoms with E-state index in [1.54, 1.807) is 0 Å². The molecule has 1 aromatic carbocycles. The van der Waals surface area contributed by atoms with Crippen molar-refractivity contribution in [3.05, 3.63) is 32.3 Å². The molecule has 1 N–H and O–H groups in total. The summed E-state index contributed by atoms with van der Waals surface area (Å²) in [5.74, 6) is 0. The van der Waals surface area contributed by atoms with Crippen molar-refractivity contribution >= 4 is 38.9 Å². The maximum Gasteiger partial charge on any atom is 0.307 e. The summed E-state index contributed by atoms with van der Waals surface area (Å²) >= 11 is 11.5. The lowest BCUT2D eigenvalue weighted by atomic mass is 10.1. The molecule has 0 spiro atoms. The summed E-state index contributed by atoms with van der Waals surface area (Å²) in [7, 11) is -2.86. The molecule has 0 heterocycles. The number of nitro groups is 1. The van der Waals surface area contributed by atoms with Gasteiger partial charge in [-0.2, -0.15) is 4.31 Å². The minimum absolute atomic E-state index is 0.206. The molecule has 21 heavy (non-hydrogen) atoms. The third-order valence-corrected chi connectivity index (χ3v) is 5.16. The number of nitro benzene ring substituents is 1. The van der Waals surface area contributed by atoms with E-state index in [-0.39, 0.29) is 11.6 Å². The number of nitrogens with zero attached hydrogens (tertiary/aromatic N) is 2. The molecule has 0 bridgehead atoms. The molecule has 0 aliphatic heterocycles. The highest BCUT2D eigenvalue weighted by molar-refractivity contribution is 7.89. The van der Waals surface area contributed by atoms with Crippen LogP contribution in [0.2, 0.25) is 10.0 Å². The number of aliphatic hydroxyl groups is 1. The van der Waals surface area contributed by atoms with Crippen molar-refractivity contribution in [2.24, 2.45) is 0 Å². The lowest BCUT2D eigenvalue weighted by molar-refractivity contribution is -0.384. The van der Waals surface area contributed by atoms with E-state index in [0.717, 1.165) is 16.4 Å². The molecule has 1 rings (SSSR count). The Morgan fingerprint density at radius 2 is 1.90 bits per heavy atom. The van der Waals surface area contributed by atoms with Gasteiger partial charge in [0.25, 0.3) is 0 Å². The van der Waals surface area contributed by atoms with E-state index in [0.29, 0.717) is 0 Å². The van der Waals surface area contributed by atoms with E-state index in [4.69, 9.17) is 23.2 Å². The van der Waals surface area contributed by atoms with E-state index in [9.17, 15) is 23.6 Å². The molecule has 0 amide bonds. The normalized spacial score (nSPS) is 12.7. The van der Waals surface area contributed by atoms with Gasteiger partial charge in [0.15, 0.2) is 0 Å². The number of hydrogen-bond donors (Lipinski definition) is 1. The topological polar surface area (TPSA) is 101 Å². The fourth-order valence-electron chi connectivity index (χ4n) is 1.69. The zero-order valence-electron chi connectivity index (χ0n) is 11.5. The third-order valence-electron chi connectivity index (χ3n) is 2.51. The van der Waals surface area contributed by atoms with E-state index in [1.165, 1.54) is 20.9 Å². The molecule has 0 fully saturated rings. The number of halogens is 2. The van der Waals surface area contributed by atoms with Crippen LogP contribution in [0.15, 0.2) is 17.0 Å². The van der Waals surface area contributed by atoms with E-state index in [1.807, 2.05) is 0 Å². The van der Waals surface area contributed by atoms with Crippen LogP contribution in [0.1, 0.15) is 13.8 Å². The molecular weight excluding hydrogens is 343 g/mol. The van der Waals surface area contributed by atoms with Gasteiger partial charge in [0, 0.05) is 13.6 Å². The minimum atomic E-state index is -4.10. The first-order valence-corrected chi connectivity index (χ1v) is 7.88. The molecule has 0 atom stereocenters. The second kappa shape index (κ2) is 6.05. The summed E-state index contributed by atoms with van der Waals surface area (Å²) in [5.41, 5.74) is -1.94. The van der Waals surface area contributed by atoms with Gasteiger partial charge in [-0.05, 0) is 26.0 Å². The van der Waals surface area contributed by atoms with Gasteiger partial charge in [-0.1, -0.05) is 23.2 Å². The summed E-state index contributed by atoms with van der Waals surface area (Å²) in [4.78, 5) is 9.62. The summed E-state index contributed by atoms with van der Waals surface area (Å²) in [5, 5.41) is 19.8. The highest BCUT2D eigenvalue weighted by atomic mass is 35.5. The maximum atomic E-state index is 12.4. The van der Waals surface area contributed by atoms with Crippen molar-refractivity contribution in [2.75, 3.05) is 13.6 Å². The van der Waals surface area contributed by atoms with Crippen LogP contribution in [-0.2, 0) is 10.0 Å². The minimum Gasteiger partial charge on any atom is -0.389 e. The molecule has 0 aliphatic rings. The number of benzene rings is 1. The van der Waals surface area contributed by atoms with Gasteiger partial charge in [-0.3, -0.25) is 10.1 Å².